The summed E-state index contributed by atoms with van der Waals surface area (Å²) in [6.45, 7) is 0. The molecule has 0 aliphatic heterocycles. The predicted octanol–water partition coefficient (Wildman–Crippen LogP) is 3.20. The fourth-order valence-electron chi connectivity index (χ4n) is 1.63. The van der Waals surface area contributed by atoms with Gasteiger partial charge in [-0.05, 0) is 35.9 Å². The molecule has 0 heterocycles. The number of benzene rings is 2. The first-order valence-electron chi connectivity index (χ1n) is 5.82. The number of nitro groups is 1. The van der Waals surface area contributed by atoms with Crippen molar-refractivity contribution in [3.8, 4) is 5.75 Å². The van der Waals surface area contributed by atoms with Gasteiger partial charge in [0.05, 0.1) is 4.92 Å². The Morgan fingerprint density at radius 3 is 2.45 bits per heavy atom. The highest BCUT2D eigenvalue weighted by Crippen LogP contribution is 2.15. The maximum absolute atomic E-state index is 11.8. The molecule has 0 unspecified atom stereocenters. The molecule has 0 aliphatic carbocycles. The molecule has 5 nitrogen and oxygen atoms in total. The van der Waals surface area contributed by atoms with E-state index in [2.05, 4.69) is 0 Å². The molecule has 2 aromatic carbocycles. The minimum atomic E-state index is -0.481. The standard InChI is InChI=1S/C15H11NO4/c17-14-3-1-2-12(10-14)15(18)9-6-11-4-7-13(8-5-11)16(19)20/h1-10,17H/b9-6+. The fraction of sp³-hybridized carbons (Fsp3) is 0. The molecular weight excluding hydrogens is 258 g/mol. The van der Waals surface area contributed by atoms with E-state index in [1.54, 1.807) is 30.3 Å². The van der Waals surface area contributed by atoms with E-state index in [1.807, 2.05) is 0 Å². The molecule has 0 amide bonds. The van der Waals surface area contributed by atoms with Gasteiger partial charge in [0, 0.05) is 17.7 Å². The summed E-state index contributed by atoms with van der Waals surface area (Å²) in [4.78, 5) is 21.9. The zero-order chi connectivity index (χ0) is 14.5. The van der Waals surface area contributed by atoms with Gasteiger partial charge in [-0.15, -0.1) is 0 Å². The van der Waals surface area contributed by atoms with E-state index in [1.165, 1.54) is 30.3 Å². The van der Waals surface area contributed by atoms with Crippen molar-refractivity contribution < 1.29 is 14.8 Å². The van der Waals surface area contributed by atoms with Crippen LogP contribution >= 0.6 is 0 Å². The number of non-ortho nitro benzene ring substituents is 1. The summed E-state index contributed by atoms with van der Waals surface area (Å²) in [5.41, 5.74) is 1.06. The van der Waals surface area contributed by atoms with Crippen molar-refractivity contribution in [3.63, 3.8) is 0 Å². The number of hydrogen-bond donors (Lipinski definition) is 1. The van der Waals surface area contributed by atoms with E-state index in [4.69, 9.17) is 0 Å². The van der Waals surface area contributed by atoms with Gasteiger partial charge in [-0.25, -0.2) is 0 Å². The van der Waals surface area contributed by atoms with Crippen molar-refractivity contribution in [1.29, 1.82) is 0 Å². The van der Waals surface area contributed by atoms with Crippen LogP contribution in [0.5, 0.6) is 5.75 Å². The first kappa shape index (κ1) is 13.5. The second-order valence-electron chi connectivity index (χ2n) is 4.10. The highest BCUT2D eigenvalue weighted by molar-refractivity contribution is 6.07. The topological polar surface area (TPSA) is 80.4 Å². The summed E-state index contributed by atoms with van der Waals surface area (Å²) in [6, 6.07) is 11.9. The van der Waals surface area contributed by atoms with Crippen LogP contribution in [0.25, 0.3) is 6.08 Å². The lowest BCUT2D eigenvalue weighted by atomic mass is 10.1. The summed E-state index contributed by atoms with van der Waals surface area (Å²) in [5, 5.41) is 19.8. The molecule has 0 aliphatic rings. The first-order chi connectivity index (χ1) is 9.56. The van der Waals surface area contributed by atoms with Crippen molar-refractivity contribution in [1.82, 2.24) is 0 Å². The zero-order valence-electron chi connectivity index (χ0n) is 10.4. The smallest absolute Gasteiger partial charge is 0.269 e. The maximum atomic E-state index is 11.8. The molecular formula is C15H11NO4. The van der Waals surface area contributed by atoms with Crippen LogP contribution in [0.15, 0.2) is 54.6 Å². The van der Waals surface area contributed by atoms with Crippen LogP contribution in [0.1, 0.15) is 15.9 Å². The van der Waals surface area contributed by atoms with Gasteiger partial charge in [0.15, 0.2) is 5.78 Å². The summed E-state index contributed by atoms with van der Waals surface area (Å²) in [6.07, 6.45) is 2.92. The first-order valence-corrected chi connectivity index (χ1v) is 5.82. The Morgan fingerprint density at radius 1 is 1.15 bits per heavy atom. The van der Waals surface area contributed by atoms with E-state index in [0.29, 0.717) is 11.1 Å². The van der Waals surface area contributed by atoms with E-state index in [0.717, 1.165) is 0 Å². The van der Waals surface area contributed by atoms with Crippen molar-refractivity contribution in [2.75, 3.05) is 0 Å². The van der Waals surface area contributed by atoms with E-state index < -0.39 is 4.92 Å². The summed E-state index contributed by atoms with van der Waals surface area (Å²) < 4.78 is 0. The summed E-state index contributed by atoms with van der Waals surface area (Å²) in [7, 11) is 0. The maximum Gasteiger partial charge on any atom is 0.269 e. The van der Waals surface area contributed by atoms with E-state index in [9.17, 15) is 20.0 Å². The van der Waals surface area contributed by atoms with Crippen LogP contribution in [0.4, 0.5) is 5.69 Å². The van der Waals surface area contributed by atoms with Gasteiger partial charge in [-0.1, -0.05) is 18.2 Å². The van der Waals surface area contributed by atoms with Crippen molar-refractivity contribution >= 4 is 17.5 Å². The lowest BCUT2D eigenvalue weighted by molar-refractivity contribution is -0.384. The summed E-state index contributed by atoms with van der Waals surface area (Å²) >= 11 is 0. The van der Waals surface area contributed by atoms with Crippen LogP contribution in [0.2, 0.25) is 0 Å². The molecule has 2 rings (SSSR count). The third-order valence-corrected chi connectivity index (χ3v) is 2.66. The van der Waals surface area contributed by atoms with Crippen LogP contribution in [-0.4, -0.2) is 15.8 Å². The van der Waals surface area contributed by atoms with Gasteiger partial charge in [-0.3, -0.25) is 14.9 Å². The molecule has 0 saturated heterocycles. The molecule has 0 aromatic heterocycles. The largest absolute Gasteiger partial charge is 0.508 e. The number of carbonyl (C=O) groups excluding carboxylic acids is 1. The minimum Gasteiger partial charge on any atom is -0.508 e. The number of phenolic OH excluding ortho intramolecular Hbond substituents is 1. The second-order valence-corrected chi connectivity index (χ2v) is 4.10. The lowest BCUT2D eigenvalue weighted by Crippen LogP contribution is -1.93. The lowest BCUT2D eigenvalue weighted by Gasteiger charge is -1.97. The number of aromatic hydroxyl groups is 1. The Hall–Kier alpha value is -2.95. The molecule has 1 N–H and O–H groups in total. The number of allylic oxidation sites excluding steroid dienone is 1. The molecule has 20 heavy (non-hydrogen) atoms. The van der Waals surface area contributed by atoms with E-state index >= 15 is 0 Å². The average Bonchev–Trinajstić information content (AvgIpc) is 2.45. The Kier molecular flexibility index (Phi) is 3.91. The molecule has 0 fully saturated rings. The van der Waals surface area contributed by atoms with Gasteiger partial charge < -0.3 is 5.11 Å². The molecule has 0 radical (unpaired) electrons. The quantitative estimate of drug-likeness (QED) is 0.400. The number of rotatable bonds is 4. The van der Waals surface area contributed by atoms with Crippen LogP contribution in [0, 0.1) is 10.1 Å². The number of nitrogens with zero attached hydrogens (tertiary/aromatic N) is 1. The van der Waals surface area contributed by atoms with Crippen molar-refractivity contribution in [3.05, 3.63) is 75.8 Å². The third-order valence-electron chi connectivity index (χ3n) is 2.66. The monoisotopic (exact) mass is 269 g/mol. The van der Waals surface area contributed by atoms with Crippen LogP contribution in [0.3, 0.4) is 0 Å². The fourth-order valence-corrected chi connectivity index (χ4v) is 1.63. The SMILES string of the molecule is O=C(/C=C/c1ccc([N+](=O)[O-])cc1)c1cccc(O)c1. The van der Waals surface area contributed by atoms with E-state index in [-0.39, 0.29) is 17.2 Å². The van der Waals surface area contributed by atoms with Crippen molar-refractivity contribution in [2.45, 2.75) is 0 Å². The molecule has 0 saturated carbocycles. The molecule has 2 aromatic rings. The number of phenols is 1. The molecule has 5 heteroatoms. The Balaban J connectivity index is 2.13. The highest BCUT2D eigenvalue weighted by Gasteiger charge is 2.04. The highest BCUT2D eigenvalue weighted by atomic mass is 16.6. The molecule has 0 spiro atoms. The molecule has 0 bridgehead atoms. The normalized spacial score (nSPS) is 10.6. The number of carbonyl (C=O) groups is 1. The Bertz CT molecular complexity index is 675. The zero-order valence-corrected chi connectivity index (χ0v) is 10.4. The number of nitro benzene ring substituents is 1. The van der Waals surface area contributed by atoms with Gasteiger partial charge >= 0.3 is 0 Å². The van der Waals surface area contributed by atoms with Gasteiger partial charge in [0.1, 0.15) is 5.75 Å². The van der Waals surface area contributed by atoms with Crippen LogP contribution < -0.4 is 0 Å². The van der Waals surface area contributed by atoms with Gasteiger partial charge in [0.2, 0.25) is 0 Å². The molecule has 0 atom stereocenters. The van der Waals surface area contributed by atoms with Gasteiger partial charge in [0.25, 0.3) is 5.69 Å². The third kappa shape index (κ3) is 3.29. The second kappa shape index (κ2) is 5.79. The number of ketones is 1. The average molecular weight is 269 g/mol. The van der Waals surface area contributed by atoms with Crippen molar-refractivity contribution in [2.24, 2.45) is 0 Å². The number of hydrogen-bond acceptors (Lipinski definition) is 4. The Morgan fingerprint density at radius 2 is 1.85 bits per heavy atom. The Labute approximate surface area is 115 Å². The summed E-state index contributed by atoms with van der Waals surface area (Å²) in [5.74, 6) is -0.223. The predicted molar refractivity (Wildman–Crippen MR) is 74.6 cm³/mol. The minimum absolute atomic E-state index is 0.00135. The van der Waals surface area contributed by atoms with Gasteiger partial charge in [-0.2, -0.15) is 0 Å². The van der Waals surface area contributed by atoms with Crippen LogP contribution in [-0.2, 0) is 0 Å². The molecule has 100 valence electrons.